The number of benzene rings is 2. The summed E-state index contributed by atoms with van der Waals surface area (Å²) < 4.78 is 10.7. The highest BCUT2D eigenvalue weighted by Gasteiger charge is 2.15. The Balaban J connectivity index is 1.59. The Hall–Kier alpha value is -2.49. The third kappa shape index (κ3) is 4.82. The fourth-order valence-corrected chi connectivity index (χ4v) is 3.75. The van der Waals surface area contributed by atoms with E-state index in [1.807, 2.05) is 18.2 Å². The van der Waals surface area contributed by atoms with Gasteiger partial charge in [-0.1, -0.05) is 18.2 Å². The van der Waals surface area contributed by atoms with Crippen molar-refractivity contribution in [1.82, 2.24) is 5.32 Å². The summed E-state index contributed by atoms with van der Waals surface area (Å²) in [5.74, 6) is 1.60. The highest BCUT2D eigenvalue weighted by Crippen LogP contribution is 2.26. The van der Waals surface area contributed by atoms with Gasteiger partial charge in [0.2, 0.25) is 5.91 Å². The average molecular weight is 367 g/mol. The van der Waals surface area contributed by atoms with Crippen molar-refractivity contribution in [1.29, 1.82) is 0 Å². The van der Waals surface area contributed by atoms with Gasteiger partial charge >= 0.3 is 0 Å². The largest absolute Gasteiger partial charge is 0.497 e. The molecule has 4 nitrogen and oxygen atoms in total. The van der Waals surface area contributed by atoms with Gasteiger partial charge in [0.15, 0.2) is 0 Å². The molecule has 0 bridgehead atoms. The third-order valence-corrected chi connectivity index (χ3v) is 5.36. The van der Waals surface area contributed by atoms with Gasteiger partial charge < -0.3 is 14.8 Å². The zero-order chi connectivity index (χ0) is 19.2. The van der Waals surface area contributed by atoms with Crippen LogP contribution in [0.2, 0.25) is 0 Å². The molecule has 1 aliphatic rings. The van der Waals surface area contributed by atoms with E-state index in [0.717, 1.165) is 23.5 Å². The minimum atomic E-state index is 0.0110. The van der Waals surface area contributed by atoms with Crippen molar-refractivity contribution in [2.45, 2.75) is 51.5 Å². The molecule has 4 heteroatoms. The van der Waals surface area contributed by atoms with E-state index in [0.29, 0.717) is 12.8 Å². The first-order chi connectivity index (χ1) is 13.1. The summed E-state index contributed by atoms with van der Waals surface area (Å²) in [6.07, 6.45) is 5.91. The summed E-state index contributed by atoms with van der Waals surface area (Å²) in [5, 5.41) is 3.13. The first-order valence-corrected chi connectivity index (χ1v) is 9.72. The lowest BCUT2D eigenvalue weighted by molar-refractivity contribution is -0.121. The molecule has 27 heavy (non-hydrogen) atoms. The predicted molar refractivity (Wildman–Crippen MR) is 108 cm³/mol. The van der Waals surface area contributed by atoms with E-state index >= 15 is 0 Å². The average Bonchev–Trinajstić information content (AvgIpc) is 2.71. The number of methoxy groups -OCH3 is 2. The number of amides is 1. The molecule has 0 spiro atoms. The van der Waals surface area contributed by atoms with Gasteiger partial charge in [0.25, 0.3) is 0 Å². The van der Waals surface area contributed by atoms with Crippen LogP contribution in [0.25, 0.3) is 0 Å². The lowest BCUT2D eigenvalue weighted by atomic mass is 9.89. The number of nitrogens with one attached hydrogen (secondary N) is 1. The van der Waals surface area contributed by atoms with Crippen molar-refractivity contribution in [2.24, 2.45) is 0 Å². The van der Waals surface area contributed by atoms with Crippen molar-refractivity contribution < 1.29 is 14.3 Å². The van der Waals surface area contributed by atoms with Crippen molar-refractivity contribution in [2.75, 3.05) is 14.2 Å². The molecular formula is C23H29NO3. The second-order valence-corrected chi connectivity index (χ2v) is 7.20. The molecule has 1 unspecified atom stereocenters. The summed E-state index contributed by atoms with van der Waals surface area (Å²) in [6.45, 7) is 2.05. The van der Waals surface area contributed by atoms with Gasteiger partial charge in [-0.05, 0) is 79.5 Å². The Morgan fingerprint density at radius 2 is 1.81 bits per heavy atom. The number of hydrogen-bond donors (Lipinski definition) is 1. The maximum atomic E-state index is 12.5. The summed E-state index contributed by atoms with van der Waals surface area (Å²) in [6, 6.07) is 12.3. The molecule has 0 fully saturated rings. The van der Waals surface area contributed by atoms with Crippen LogP contribution in [-0.2, 0) is 24.1 Å². The van der Waals surface area contributed by atoms with Crippen molar-refractivity contribution >= 4 is 5.91 Å². The molecule has 1 amide bonds. The van der Waals surface area contributed by atoms with Crippen LogP contribution in [0.3, 0.4) is 0 Å². The minimum Gasteiger partial charge on any atom is -0.497 e. The van der Waals surface area contributed by atoms with Crippen LogP contribution < -0.4 is 14.8 Å². The van der Waals surface area contributed by atoms with Gasteiger partial charge in [0, 0.05) is 6.42 Å². The Bertz CT molecular complexity index is 800. The lowest BCUT2D eigenvalue weighted by Crippen LogP contribution is -2.27. The second-order valence-electron chi connectivity index (χ2n) is 7.20. The molecule has 1 aliphatic carbocycles. The van der Waals surface area contributed by atoms with E-state index in [1.54, 1.807) is 14.2 Å². The molecule has 0 aliphatic heterocycles. The maximum absolute atomic E-state index is 12.5. The smallest absolute Gasteiger partial charge is 0.220 e. The van der Waals surface area contributed by atoms with Crippen LogP contribution in [0.5, 0.6) is 11.5 Å². The molecule has 0 aromatic heterocycles. The van der Waals surface area contributed by atoms with Crippen molar-refractivity contribution in [3.8, 4) is 11.5 Å². The summed E-state index contributed by atoms with van der Waals surface area (Å²) in [7, 11) is 3.28. The zero-order valence-electron chi connectivity index (χ0n) is 16.5. The van der Waals surface area contributed by atoms with Crippen LogP contribution in [0.4, 0.5) is 0 Å². The second kappa shape index (κ2) is 8.94. The normalized spacial score (nSPS) is 14.2. The first kappa shape index (κ1) is 19.3. The molecule has 0 saturated heterocycles. The number of carbonyl (C=O) groups excluding carboxylic acids is 1. The van der Waals surface area contributed by atoms with Crippen molar-refractivity contribution in [3.63, 3.8) is 0 Å². The van der Waals surface area contributed by atoms with Crippen LogP contribution >= 0.6 is 0 Å². The number of fused-ring (bicyclic) bond motifs is 1. The number of carbonyl (C=O) groups is 1. The number of rotatable bonds is 7. The zero-order valence-corrected chi connectivity index (χ0v) is 16.5. The molecule has 2 aromatic rings. The van der Waals surface area contributed by atoms with E-state index in [2.05, 4.69) is 30.4 Å². The monoisotopic (exact) mass is 367 g/mol. The van der Waals surface area contributed by atoms with E-state index in [9.17, 15) is 4.79 Å². The lowest BCUT2D eigenvalue weighted by Gasteiger charge is -2.20. The Kier molecular flexibility index (Phi) is 6.38. The Morgan fingerprint density at radius 1 is 1.04 bits per heavy atom. The molecule has 3 rings (SSSR count). The number of aryl methyl sites for hydroxylation is 3. The molecule has 2 aromatic carbocycles. The van der Waals surface area contributed by atoms with E-state index in [1.165, 1.54) is 36.0 Å². The summed E-state index contributed by atoms with van der Waals surface area (Å²) in [4.78, 5) is 12.5. The van der Waals surface area contributed by atoms with E-state index in [4.69, 9.17) is 9.47 Å². The van der Waals surface area contributed by atoms with E-state index < -0.39 is 0 Å². The quantitative estimate of drug-likeness (QED) is 0.789. The van der Waals surface area contributed by atoms with Crippen molar-refractivity contribution in [3.05, 3.63) is 58.7 Å². The molecule has 0 heterocycles. The van der Waals surface area contributed by atoms with Gasteiger partial charge in [-0.25, -0.2) is 0 Å². The first-order valence-electron chi connectivity index (χ1n) is 9.72. The van der Waals surface area contributed by atoms with Gasteiger partial charge in [-0.15, -0.1) is 0 Å². The van der Waals surface area contributed by atoms with Gasteiger partial charge in [0.1, 0.15) is 11.5 Å². The fraction of sp³-hybridized carbons (Fsp3) is 0.435. The van der Waals surface area contributed by atoms with Gasteiger partial charge in [-0.3, -0.25) is 4.79 Å². The van der Waals surface area contributed by atoms with Crippen LogP contribution in [0, 0.1) is 0 Å². The molecule has 1 atom stereocenters. The summed E-state index contributed by atoms with van der Waals surface area (Å²) in [5.41, 5.74) is 5.08. The highest BCUT2D eigenvalue weighted by molar-refractivity contribution is 5.76. The Labute approximate surface area is 161 Å². The molecule has 0 saturated carbocycles. The maximum Gasteiger partial charge on any atom is 0.220 e. The standard InChI is InChI=1S/C23H29NO3/c1-16(18-9-8-17-6-4-5-7-19(17)14-18)24-23(25)13-10-20-15-21(26-2)11-12-22(20)27-3/h8-9,11-12,14-16H,4-7,10,13H2,1-3H3,(H,24,25). The molecule has 0 radical (unpaired) electrons. The fourth-order valence-electron chi connectivity index (χ4n) is 3.75. The van der Waals surface area contributed by atoms with Crippen LogP contribution in [-0.4, -0.2) is 20.1 Å². The number of ether oxygens (including phenoxy) is 2. The highest BCUT2D eigenvalue weighted by atomic mass is 16.5. The summed E-state index contributed by atoms with van der Waals surface area (Å²) >= 11 is 0. The topological polar surface area (TPSA) is 47.6 Å². The van der Waals surface area contributed by atoms with E-state index in [-0.39, 0.29) is 11.9 Å². The third-order valence-electron chi connectivity index (χ3n) is 5.36. The molecule has 1 N–H and O–H groups in total. The molecular weight excluding hydrogens is 338 g/mol. The van der Waals surface area contributed by atoms with Gasteiger partial charge in [-0.2, -0.15) is 0 Å². The SMILES string of the molecule is COc1ccc(OC)c(CCC(=O)NC(C)c2ccc3c(c2)CCCC3)c1. The molecule has 144 valence electrons. The van der Waals surface area contributed by atoms with Crippen LogP contribution in [0.1, 0.15) is 54.5 Å². The Morgan fingerprint density at radius 3 is 2.56 bits per heavy atom. The number of hydrogen-bond acceptors (Lipinski definition) is 3. The predicted octanol–water partition coefficient (Wildman–Crippen LogP) is 4.39. The minimum absolute atomic E-state index is 0.0110. The van der Waals surface area contributed by atoms with Crippen LogP contribution in [0.15, 0.2) is 36.4 Å². The van der Waals surface area contributed by atoms with Gasteiger partial charge in [0.05, 0.1) is 20.3 Å².